The first-order valence-corrected chi connectivity index (χ1v) is 7.67. The fourth-order valence-corrected chi connectivity index (χ4v) is 2.43. The molecule has 23 heavy (non-hydrogen) atoms. The molecule has 0 spiro atoms. The molecule has 0 bridgehead atoms. The number of hydrogen-bond acceptors (Lipinski definition) is 4. The van der Waals surface area contributed by atoms with Crippen molar-refractivity contribution in [1.29, 1.82) is 0 Å². The van der Waals surface area contributed by atoms with Crippen LogP contribution in [0.3, 0.4) is 0 Å². The second-order valence-corrected chi connectivity index (χ2v) is 5.52. The summed E-state index contributed by atoms with van der Waals surface area (Å²) < 4.78 is 10.8. The maximum absolute atomic E-state index is 11.3. The first-order valence-electron chi connectivity index (χ1n) is 7.29. The number of benzene rings is 2. The van der Waals surface area contributed by atoms with Gasteiger partial charge < -0.3 is 14.6 Å². The molecule has 0 saturated heterocycles. The van der Waals surface area contributed by atoms with Crippen LogP contribution in [0, 0.1) is 0 Å². The number of aliphatic hydroxyl groups excluding tert-OH is 1. The molecule has 2 atom stereocenters. The summed E-state index contributed by atoms with van der Waals surface area (Å²) in [5.41, 5.74) is 1.50. The summed E-state index contributed by atoms with van der Waals surface area (Å²) in [4.78, 5) is 11.3. The Labute approximate surface area is 140 Å². The van der Waals surface area contributed by atoms with E-state index in [0.29, 0.717) is 17.2 Å². The lowest BCUT2D eigenvalue weighted by Crippen LogP contribution is -2.29. The molecule has 0 amide bonds. The highest BCUT2D eigenvalue weighted by Gasteiger charge is 2.25. The Kier molecular flexibility index (Phi) is 6.59. The highest BCUT2D eigenvalue weighted by atomic mass is 35.5. The largest absolute Gasteiger partial charge is 0.457 e. The number of rotatable bonds is 7. The third-order valence-corrected chi connectivity index (χ3v) is 3.63. The minimum atomic E-state index is -1.05. The number of halogens is 1. The number of carbonyl (C=O) groups is 1. The molecule has 2 rings (SSSR count). The van der Waals surface area contributed by atoms with E-state index in [4.69, 9.17) is 21.1 Å². The molecule has 0 fully saturated rings. The molecule has 122 valence electrons. The van der Waals surface area contributed by atoms with Crippen molar-refractivity contribution in [3.63, 3.8) is 0 Å². The standard InChI is InChI=1S/C18H19ClO4/c1-13(20)23-17(12-22-11-14-7-3-2-4-8-14)18(21)15-9-5-6-10-16(15)19/h2-10,17-18,21H,11-12H2,1H3/t17-,18-/m1/s1. The molecule has 4 nitrogen and oxygen atoms in total. The predicted octanol–water partition coefficient (Wildman–Crippen LogP) is 3.52. The molecular formula is C18H19ClO4. The van der Waals surface area contributed by atoms with Crippen LogP contribution in [-0.4, -0.2) is 23.8 Å². The molecule has 0 aromatic heterocycles. The van der Waals surface area contributed by atoms with Crippen LogP contribution in [0.15, 0.2) is 54.6 Å². The van der Waals surface area contributed by atoms with Crippen LogP contribution < -0.4 is 0 Å². The van der Waals surface area contributed by atoms with Gasteiger partial charge in [-0.3, -0.25) is 4.79 Å². The zero-order valence-electron chi connectivity index (χ0n) is 12.8. The minimum absolute atomic E-state index is 0.0703. The summed E-state index contributed by atoms with van der Waals surface area (Å²) in [6, 6.07) is 16.5. The van der Waals surface area contributed by atoms with E-state index in [9.17, 15) is 9.90 Å². The predicted molar refractivity (Wildman–Crippen MR) is 88.1 cm³/mol. The normalized spacial score (nSPS) is 13.3. The van der Waals surface area contributed by atoms with Gasteiger partial charge in [0.1, 0.15) is 6.10 Å². The average molecular weight is 335 g/mol. The highest BCUT2D eigenvalue weighted by Crippen LogP contribution is 2.26. The molecule has 2 aromatic carbocycles. The first-order chi connectivity index (χ1) is 11.1. The maximum atomic E-state index is 11.3. The van der Waals surface area contributed by atoms with Crippen LogP contribution in [0.4, 0.5) is 0 Å². The van der Waals surface area contributed by atoms with E-state index in [2.05, 4.69) is 0 Å². The lowest BCUT2D eigenvalue weighted by atomic mass is 10.0. The number of esters is 1. The van der Waals surface area contributed by atoms with Crippen molar-refractivity contribution in [3.05, 3.63) is 70.7 Å². The average Bonchev–Trinajstić information content (AvgIpc) is 2.54. The summed E-state index contributed by atoms with van der Waals surface area (Å²) in [6.07, 6.45) is -1.88. The summed E-state index contributed by atoms with van der Waals surface area (Å²) >= 11 is 6.09. The van der Waals surface area contributed by atoms with Gasteiger partial charge in [0.05, 0.1) is 13.2 Å². The molecule has 5 heteroatoms. The van der Waals surface area contributed by atoms with Crippen LogP contribution in [0.1, 0.15) is 24.2 Å². The number of hydrogen-bond donors (Lipinski definition) is 1. The Morgan fingerprint density at radius 1 is 1.13 bits per heavy atom. The smallest absolute Gasteiger partial charge is 0.303 e. The van der Waals surface area contributed by atoms with Gasteiger partial charge in [-0.1, -0.05) is 60.1 Å². The molecule has 2 aromatic rings. The Balaban J connectivity index is 2.01. The van der Waals surface area contributed by atoms with Gasteiger partial charge in [0.2, 0.25) is 0 Å². The van der Waals surface area contributed by atoms with Gasteiger partial charge in [-0.25, -0.2) is 0 Å². The van der Waals surface area contributed by atoms with Gasteiger partial charge in [0, 0.05) is 17.5 Å². The molecule has 0 aliphatic rings. The fourth-order valence-electron chi connectivity index (χ4n) is 2.19. The first kappa shape index (κ1) is 17.5. The Hall–Kier alpha value is -1.88. The van der Waals surface area contributed by atoms with Gasteiger partial charge >= 0.3 is 5.97 Å². The summed E-state index contributed by atoms with van der Waals surface area (Å²) in [6.45, 7) is 1.73. The van der Waals surface area contributed by atoms with Crippen molar-refractivity contribution >= 4 is 17.6 Å². The van der Waals surface area contributed by atoms with E-state index >= 15 is 0 Å². The Morgan fingerprint density at radius 3 is 2.43 bits per heavy atom. The van der Waals surface area contributed by atoms with Crippen LogP contribution >= 0.6 is 11.6 Å². The van der Waals surface area contributed by atoms with Crippen LogP contribution in [-0.2, 0) is 20.9 Å². The highest BCUT2D eigenvalue weighted by molar-refractivity contribution is 6.31. The maximum Gasteiger partial charge on any atom is 0.303 e. The number of aliphatic hydroxyl groups is 1. The second-order valence-electron chi connectivity index (χ2n) is 5.11. The SMILES string of the molecule is CC(=O)O[C@H](COCc1ccccc1)[C@H](O)c1ccccc1Cl. The fraction of sp³-hybridized carbons (Fsp3) is 0.278. The van der Waals surface area contributed by atoms with E-state index in [-0.39, 0.29) is 6.61 Å². The molecule has 0 aliphatic carbocycles. The van der Waals surface area contributed by atoms with Crippen molar-refractivity contribution in [1.82, 2.24) is 0 Å². The number of ether oxygens (including phenoxy) is 2. The van der Waals surface area contributed by atoms with Gasteiger partial charge in [-0.2, -0.15) is 0 Å². The molecule has 0 saturated carbocycles. The molecule has 0 heterocycles. The van der Waals surface area contributed by atoms with Gasteiger partial charge in [0.25, 0.3) is 0 Å². The third kappa shape index (κ3) is 5.36. The summed E-state index contributed by atoms with van der Waals surface area (Å²) in [7, 11) is 0. The monoisotopic (exact) mass is 334 g/mol. The van der Waals surface area contributed by atoms with Crippen molar-refractivity contribution in [2.24, 2.45) is 0 Å². The quantitative estimate of drug-likeness (QED) is 0.787. The van der Waals surface area contributed by atoms with E-state index in [1.54, 1.807) is 24.3 Å². The summed E-state index contributed by atoms with van der Waals surface area (Å²) in [5, 5.41) is 10.9. The van der Waals surface area contributed by atoms with Crippen molar-refractivity contribution in [2.45, 2.75) is 25.7 Å². The van der Waals surface area contributed by atoms with Crippen LogP contribution in [0.25, 0.3) is 0 Å². The lowest BCUT2D eigenvalue weighted by molar-refractivity contribution is -0.158. The Bertz CT molecular complexity index is 630. The van der Waals surface area contributed by atoms with E-state index in [1.807, 2.05) is 30.3 Å². The minimum Gasteiger partial charge on any atom is -0.457 e. The topological polar surface area (TPSA) is 55.8 Å². The lowest BCUT2D eigenvalue weighted by Gasteiger charge is -2.23. The molecule has 0 radical (unpaired) electrons. The zero-order valence-corrected chi connectivity index (χ0v) is 13.6. The van der Waals surface area contributed by atoms with Crippen molar-refractivity contribution in [2.75, 3.05) is 6.61 Å². The second kappa shape index (κ2) is 8.67. The van der Waals surface area contributed by atoms with Gasteiger partial charge in [0.15, 0.2) is 6.10 Å². The Morgan fingerprint density at radius 2 is 1.78 bits per heavy atom. The van der Waals surface area contributed by atoms with Gasteiger partial charge in [-0.05, 0) is 11.6 Å². The third-order valence-electron chi connectivity index (χ3n) is 3.29. The number of carbonyl (C=O) groups excluding carboxylic acids is 1. The zero-order chi connectivity index (χ0) is 16.7. The van der Waals surface area contributed by atoms with Crippen LogP contribution in [0.2, 0.25) is 5.02 Å². The molecule has 0 aliphatic heterocycles. The molecular weight excluding hydrogens is 316 g/mol. The van der Waals surface area contributed by atoms with Crippen LogP contribution in [0.5, 0.6) is 0 Å². The molecule has 1 N–H and O–H groups in total. The van der Waals surface area contributed by atoms with Crippen molar-refractivity contribution < 1.29 is 19.4 Å². The van der Waals surface area contributed by atoms with Crippen molar-refractivity contribution in [3.8, 4) is 0 Å². The van der Waals surface area contributed by atoms with E-state index in [1.165, 1.54) is 6.92 Å². The van der Waals surface area contributed by atoms with E-state index < -0.39 is 18.2 Å². The summed E-state index contributed by atoms with van der Waals surface area (Å²) in [5.74, 6) is -0.482. The van der Waals surface area contributed by atoms with E-state index in [0.717, 1.165) is 5.56 Å². The molecule has 0 unspecified atom stereocenters. The van der Waals surface area contributed by atoms with Gasteiger partial charge in [-0.15, -0.1) is 0 Å².